The van der Waals surface area contributed by atoms with E-state index in [1.165, 1.54) is 0 Å². The zero-order valence-corrected chi connectivity index (χ0v) is 13.3. The summed E-state index contributed by atoms with van der Waals surface area (Å²) in [6.07, 6.45) is -3.27. The lowest BCUT2D eigenvalue weighted by atomic mass is 9.71. The number of amides is 3. The number of hydrogen-bond acceptors (Lipinski definition) is 4. The number of hydrogen-bond donors (Lipinski definition) is 4. The van der Waals surface area contributed by atoms with Crippen molar-refractivity contribution in [2.75, 3.05) is 0 Å². The van der Waals surface area contributed by atoms with Gasteiger partial charge in [0, 0.05) is 12.8 Å². The molecule has 0 unspecified atom stereocenters. The van der Waals surface area contributed by atoms with Gasteiger partial charge in [-0.25, -0.2) is 9.18 Å². The number of ketones is 1. The maximum atomic E-state index is 13.2. The second kappa shape index (κ2) is 6.51. The van der Waals surface area contributed by atoms with Crippen molar-refractivity contribution in [3.8, 4) is 0 Å². The number of nitrogens with two attached hydrogens (primary N) is 1. The number of nitrogens with one attached hydrogen (secondary N) is 2. The quantitative estimate of drug-likeness (QED) is 0.511. The number of halogens is 1. The zero-order valence-electron chi connectivity index (χ0n) is 13.3. The summed E-state index contributed by atoms with van der Waals surface area (Å²) >= 11 is 0. The van der Waals surface area contributed by atoms with Crippen LogP contribution in [0.25, 0.3) is 0 Å². The minimum absolute atomic E-state index is 0.158. The Kier molecular flexibility index (Phi) is 5.34. The normalized spacial score (nSPS) is 25.0. The van der Waals surface area contributed by atoms with E-state index in [0.29, 0.717) is 0 Å². The molecule has 0 aromatic carbocycles. The lowest BCUT2D eigenvalue weighted by Gasteiger charge is -2.43. The molecule has 0 saturated heterocycles. The Labute approximate surface area is 133 Å². The van der Waals surface area contributed by atoms with Crippen molar-refractivity contribution in [2.24, 2.45) is 11.1 Å². The van der Waals surface area contributed by atoms with Gasteiger partial charge in [-0.2, -0.15) is 0 Å². The molecule has 1 atom stereocenters. The van der Waals surface area contributed by atoms with Crippen LogP contribution in [0.4, 0.5) is 9.18 Å². The molecule has 8 nitrogen and oxygen atoms in total. The molecular weight excluding hydrogens is 309 g/mol. The van der Waals surface area contributed by atoms with Crippen LogP contribution in [-0.2, 0) is 14.4 Å². The molecule has 1 fully saturated rings. The highest BCUT2D eigenvalue weighted by Crippen LogP contribution is 2.36. The van der Waals surface area contributed by atoms with Crippen molar-refractivity contribution in [2.45, 2.75) is 57.8 Å². The molecule has 0 aromatic rings. The molecule has 1 rings (SSSR count). The van der Waals surface area contributed by atoms with E-state index in [1.807, 2.05) is 20.8 Å². The third kappa shape index (κ3) is 4.90. The zero-order chi connectivity index (χ0) is 18.0. The first-order chi connectivity index (χ1) is 10.4. The molecule has 0 heterocycles. The third-order valence-electron chi connectivity index (χ3n) is 3.59. The van der Waals surface area contributed by atoms with Crippen LogP contribution in [0.1, 0.15) is 40.0 Å². The van der Waals surface area contributed by atoms with Gasteiger partial charge in [0.1, 0.15) is 17.8 Å². The summed E-state index contributed by atoms with van der Waals surface area (Å²) in [6, 6.07) is -1.14. The summed E-state index contributed by atoms with van der Waals surface area (Å²) in [4.78, 5) is 46.1. The molecule has 0 spiro atoms. The molecule has 130 valence electrons. The van der Waals surface area contributed by atoms with E-state index in [0.717, 1.165) is 0 Å². The minimum Gasteiger partial charge on any atom is -0.465 e. The Morgan fingerprint density at radius 2 is 1.83 bits per heavy atom. The molecule has 1 aliphatic rings. The first kappa shape index (κ1) is 18.9. The summed E-state index contributed by atoms with van der Waals surface area (Å²) in [5, 5.41) is 13.2. The summed E-state index contributed by atoms with van der Waals surface area (Å²) in [5.41, 5.74) is 2.88. The van der Waals surface area contributed by atoms with E-state index >= 15 is 0 Å². The SMILES string of the molecule is CC(C)(C)C[C@H](NC(=O)O)C(=O)N[C@]1(C(=O)C(N)=O)C[C@@H](F)C1. The minimum atomic E-state index is -1.68. The first-order valence-corrected chi connectivity index (χ1v) is 7.16. The number of rotatable bonds is 6. The van der Waals surface area contributed by atoms with Crippen LogP contribution in [0.3, 0.4) is 0 Å². The van der Waals surface area contributed by atoms with Crippen molar-refractivity contribution in [3.05, 3.63) is 0 Å². The lowest BCUT2D eigenvalue weighted by molar-refractivity contribution is -0.147. The van der Waals surface area contributed by atoms with Gasteiger partial charge in [0.2, 0.25) is 11.7 Å². The van der Waals surface area contributed by atoms with Crippen molar-refractivity contribution < 1.29 is 28.7 Å². The molecule has 5 N–H and O–H groups in total. The summed E-state index contributed by atoms with van der Waals surface area (Å²) in [5.74, 6) is -3.14. The monoisotopic (exact) mass is 331 g/mol. The largest absolute Gasteiger partial charge is 0.465 e. The molecule has 0 aromatic heterocycles. The standard InChI is InChI=1S/C14H22FN3O5/c1-13(2,3)6-8(17-12(22)23)11(21)18-14(4-7(15)5-14)9(19)10(16)20/h7-8,17H,4-6H2,1-3H3,(H2,16,20)(H,18,21)(H,22,23)/t7-,8-,14-/m0/s1. The van der Waals surface area contributed by atoms with Crippen LogP contribution in [0.15, 0.2) is 0 Å². The average molecular weight is 331 g/mol. The second-order valence-electron chi connectivity index (χ2n) is 7.04. The van der Waals surface area contributed by atoms with E-state index in [1.54, 1.807) is 0 Å². The predicted molar refractivity (Wildman–Crippen MR) is 78.2 cm³/mol. The van der Waals surface area contributed by atoms with Crippen molar-refractivity contribution >= 4 is 23.7 Å². The fourth-order valence-corrected chi connectivity index (χ4v) is 2.57. The molecule has 0 bridgehead atoms. The fraction of sp³-hybridized carbons (Fsp3) is 0.714. The summed E-state index contributed by atoms with van der Waals surface area (Å²) < 4.78 is 13.2. The Morgan fingerprint density at radius 3 is 2.17 bits per heavy atom. The molecule has 1 aliphatic carbocycles. The molecule has 0 radical (unpaired) electrons. The van der Waals surface area contributed by atoms with E-state index < -0.39 is 41.4 Å². The van der Waals surface area contributed by atoms with Gasteiger partial charge in [-0.3, -0.25) is 14.4 Å². The highest BCUT2D eigenvalue weighted by Gasteiger charge is 2.54. The van der Waals surface area contributed by atoms with Crippen LogP contribution >= 0.6 is 0 Å². The van der Waals surface area contributed by atoms with E-state index in [4.69, 9.17) is 10.8 Å². The molecule has 9 heteroatoms. The van der Waals surface area contributed by atoms with Gasteiger partial charge in [0.15, 0.2) is 0 Å². The molecule has 1 saturated carbocycles. The van der Waals surface area contributed by atoms with E-state index in [9.17, 15) is 23.6 Å². The highest BCUT2D eigenvalue weighted by atomic mass is 19.1. The number of carbonyl (C=O) groups excluding carboxylic acids is 3. The van der Waals surface area contributed by atoms with Crippen molar-refractivity contribution in [3.63, 3.8) is 0 Å². The maximum absolute atomic E-state index is 13.2. The highest BCUT2D eigenvalue weighted by molar-refractivity contribution is 6.39. The van der Waals surface area contributed by atoms with Crippen LogP contribution in [-0.4, -0.2) is 46.5 Å². The third-order valence-corrected chi connectivity index (χ3v) is 3.59. The van der Waals surface area contributed by atoms with Gasteiger partial charge in [-0.15, -0.1) is 0 Å². The number of alkyl halides is 1. The van der Waals surface area contributed by atoms with Crippen LogP contribution < -0.4 is 16.4 Å². The maximum Gasteiger partial charge on any atom is 0.405 e. The van der Waals surface area contributed by atoms with E-state index in [2.05, 4.69) is 10.6 Å². The van der Waals surface area contributed by atoms with Crippen LogP contribution in [0, 0.1) is 5.41 Å². The number of carbonyl (C=O) groups is 4. The Bertz CT molecular complexity index is 523. The smallest absolute Gasteiger partial charge is 0.405 e. The van der Waals surface area contributed by atoms with Gasteiger partial charge in [-0.05, 0) is 11.8 Å². The van der Waals surface area contributed by atoms with Gasteiger partial charge in [0.05, 0.1) is 0 Å². The number of carboxylic acid groups (broad SMARTS) is 1. The second-order valence-corrected chi connectivity index (χ2v) is 7.04. The van der Waals surface area contributed by atoms with Gasteiger partial charge >= 0.3 is 6.09 Å². The van der Waals surface area contributed by atoms with Crippen LogP contribution in [0.2, 0.25) is 0 Å². The first-order valence-electron chi connectivity index (χ1n) is 7.16. The van der Waals surface area contributed by atoms with Crippen molar-refractivity contribution in [1.29, 1.82) is 0 Å². The number of primary amides is 1. The molecule has 0 aliphatic heterocycles. The molecule has 3 amide bonds. The Balaban J connectivity index is 2.92. The Morgan fingerprint density at radius 1 is 1.30 bits per heavy atom. The number of Topliss-reactive ketones (excluding diaryl/α,β-unsaturated/α-hetero) is 1. The molecule has 23 heavy (non-hydrogen) atoms. The topological polar surface area (TPSA) is 139 Å². The van der Waals surface area contributed by atoms with Crippen LogP contribution in [0.5, 0.6) is 0 Å². The van der Waals surface area contributed by atoms with Gasteiger partial charge in [0.25, 0.3) is 5.91 Å². The fourth-order valence-electron chi connectivity index (χ4n) is 2.57. The predicted octanol–water partition coefficient (Wildman–Crippen LogP) is 0.100. The lowest BCUT2D eigenvalue weighted by Crippen LogP contribution is -2.68. The Hall–Kier alpha value is -2.19. The van der Waals surface area contributed by atoms with Crippen molar-refractivity contribution in [1.82, 2.24) is 10.6 Å². The average Bonchev–Trinajstić information content (AvgIpc) is 2.32. The molecular formula is C14H22FN3O5. The van der Waals surface area contributed by atoms with E-state index in [-0.39, 0.29) is 24.7 Å². The van der Waals surface area contributed by atoms with Gasteiger partial charge < -0.3 is 21.5 Å². The summed E-state index contributed by atoms with van der Waals surface area (Å²) in [6.45, 7) is 5.42. The summed E-state index contributed by atoms with van der Waals surface area (Å²) in [7, 11) is 0. The van der Waals surface area contributed by atoms with Gasteiger partial charge in [-0.1, -0.05) is 20.8 Å².